The van der Waals surface area contributed by atoms with Gasteiger partial charge in [-0.15, -0.1) is 0 Å². The molecule has 26 heavy (non-hydrogen) atoms. The third-order valence-corrected chi connectivity index (χ3v) is 4.82. The van der Waals surface area contributed by atoms with Gasteiger partial charge in [0.25, 0.3) is 0 Å². The van der Waals surface area contributed by atoms with Gasteiger partial charge in [-0.3, -0.25) is 14.6 Å². The Morgan fingerprint density at radius 1 is 1.27 bits per heavy atom. The third-order valence-electron chi connectivity index (χ3n) is 4.82. The summed E-state index contributed by atoms with van der Waals surface area (Å²) < 4.78 is 0. The summed E-state index contributed by atoms with van der Waals surface area (Å²) in [4.78, 5) is 28.7. The van der Waals surface area contributed by atoms with Gasteiger partial charge in [-0.25, -0.2) is 0 Å². The number of aryl methyl sites for hydroxylation is 1. The highest BCUT2D eigenvalue weighted by Gasteiger charge is 2.23. The number of nitrogens with one attached hydrogen (secondary N) is 2. The van der Waals surface area contributed by atoms with Crippen LogP contribution in [-0.4, -0.2) is 16.8 Å². The molecular formula is C21H25N3O2. The number of anilines is 1. The molecule has 5 nitrogen and oxygen atoms in total. The largest absolute Gasteiger partial charge is 0.349 e. The fourth-order valence-electron chi connectivity index (χ4n) is 3.35. The van der Waals surface area contributed by atoms with Crippen molar-refractivity contribution in [2.45, 2.75) is 51.5 Å². The Kier molecular flexibility index (Phi) is 5.66. The zero-order valence-corrected chi connectivity index (χ0v) is 15.3. The van der Waals surface area contributed by atoms with Gasteiger partial charge in [0.1, 0.15) is 0 Å². The fourth-order valence-corrected chi connectivity index (χ4v) is 3.35. The van der Waals surface area contributed by atoms with E-state index in [2.05, 4.69) is 28.6 Å². The quantitative estimate of drug-likeness (QED) is 0.833. The van der Waals surface area contributed by atoms with E-state index in [4.69, 9.17) is 0 Å². The van der Waals surface area contributed by atoms with Crippen molar-refractivity contribution in [3.63, 3.8) is 0 Å². The molecule has 0 saturated heterocycles. The summed E-state index contributed by atoms with van der Waals surface area (Å²) in [6.07, 6.45) is 4.66. The van der Waals surface area contributed by atoms with Crippen LogP contribution in [0.4, 0.5) is 5.69 Å². The van der Waals surface area contributed by atoms with Crippen molar-refractivity contribution in [1.82, 2.24) is 10.3 Å². The van der Waals surface area contributed by atoms with Gasteiger partial charge in [0.2, 0.25) is 11.8 Å². The molecule has 0 aliphatic carbocycles. The first-order valence-electron chi connectivity index (χ1n) is 9.22. The lowest BCUT2D eigenvalue weighted by Crippen LogP contribution is -2.32. The van der Waals surface area contributed by atoms with Crippen LogP contribution in [0.2, 0.25) is 0 Å². The Balaban J connectivity index is 1.73. The number of carbonyl (C=O) groups is 2. The second kappa shape index (κ2) is 8.13. The summed E-state index contributed by atoms with van der Waals surface area (Å²) in [5.74, 6) is -0.172. The third kappa shape index (κ3) is 4.10. The van der Waals surface area contributed by atoms with E-state index >= 15 is 0 Å². The number of hydrogen-bond donors (Lipinski definition) is 2. The van der Waals surface area contributed by atoms with Crippen LogP contribution in [0.15, 0.2) is 42.6 Å². The van der Waals surface area contributed by atoms with E-state index in [1.807, 2.05) is 37.3 Å². The smallest absolute Gasteiger partial charge is 0.229 e. The minimum absolute atomic E-state index is 0.00377. The molecule has 0 bridgehead atoms. The Labute approximate surface area is 154 Å². The topological polar surface area (TPSA) is 71.1 Å². The summed E-state index contributed by atoms with van der Waals surface area (Å²) in [7, 11) is 0. The molecule has 2 heterocycles. The lowest BCUT2D eigenvalue weighted by Gasteiger charge is -2.22. The lowest BCUT2D eigenvalue weighted by molar-refractivity contribution is -0.123. The average molecular weight is 351 g/mol. The number of nitrogens with zero attached hydrogens (tertiary/aromatic N) is 1. The molecule has 1 aliphatic rings. The number of amides is 2. The van der Waals surface area contributed by atoms with Crippen molar-refractivity contribution in [3.05, 3.63) is 59.4 Å². The molecule has 136 valence electrons. The van der Waals surface area contributed by atoms with E-state index in [0.29, 0.717) is 6.42 Å². The summed E-state index contributed by atoms with van der Waals surface area (Å²) in [6, 6.07) is 11.5. The zero-order valence-electron chi connectivity index (χ0n) is 15.3. The molecule has 0 unspecified atom stereocenters. The molecule has 0 fully saturated rings. The molecular weight excluding hydrogens is 326 g/mol. The van der Waals surface area contributed by atoms with Gasteiger partial charge in [0.05, 0.1) is 17.7 Å². The van der Waals surface area contributed by atoms with E-state index in [1.165, 1.54) is 0 Å². The van der Waals surface area contributed by atoms with E-state index < -0.39 is 0 Å². The van der Waals surface area contributed by atoms with Crippen molar-refractivity contribution in [1.29, 1.82) is 0 Å². The molecule has 5 heteroatoms. The van der Waals surface area contributed by atoms with Gasteiger partial charge in [0.15, 0.2) is 0 Å². The van der Waals surface area contributed by atoms with Crippen molar-refractivity contribution in [3.8, 4) is 0 Å². The molecule has 0 spiro atoms. The summed E-state index contributed by atoms with van der Waals surface area (Å²) in [6.45, 7) is 4.06. The molecule has 1 aromatic carbocycles. The minimum atomic E-state index is -0.236. The number of aromatic nitrogens is 1. The highest BCUT2D eigenvalue weighted by atomic mass is 16.2. The molecule has 2 amide bonds. The molecule has 0 radical (unpaired) electrons. The highest BCUT2D eigenvalue weighted by Crippen LogP contribution is 2.27. The second-order valence-electron chi connectivity index (χ2n) is 6.79. The number of benzene rings is 1. The van der Waals surface area contributed by atoms with Crippen molar-refractivity contribution < 1.29 is 9.59 Å². The molecule has 1 aromatic heterocycles. The highest BCUT2D eigenvalue weighted by molar-refractivity contribution is 5.94. The average Bonchev–Trinajstić information content (AvgIpc) is 2.66. The van der Waals surface area contributed by atoms with Gasteiger partial charge in [-0.05, 0) is 49.1 Å². The van der Waals surface area contributed by atoms with Crippen LogP contribution in [-0.2, 0) is 16.0 Å². The first-order valence-corrected chi connectivity index (χ1v) is 9.22. The number of fused-ring (bicyclic) bond motifs is 1. The van der Waals surface area contributed by atoms with Crippen LogP contribution < -0.4 is 10.6 Å². The molecule has 2 N–H and O–H groups in total. The number of rotatable bonds is 6. The number of carbonyl (C=O) groups excluding carboxylic acids is 2. The molecule has 2 atom stereocenters. The molecule has 3 rings (SSSR count). The monoisotopic (exact) mass is 351 g/mol. The number of pyridine rings is 1. The number of hydrogen-bond acceptors (Lipinski definition) is 3. The molecule has 0 saturated carbocycles. The van der Waals surface area contributed by atoms with Crippen LogP contribution in [0, 0.1) is 0 Å². The van der Waals surface area contributed by atoms with Crippen LogP contribution in [0.1, 0.15) is 61.9 Å². The maximum atomic E-state index is 12.8. The van der Waals surface area contributed by atoms with Gasteiger partial charge in [-0.1, -0.05) is 31.5 Å². The Morgan fingerprint density at radius 2 is 2.12 bits per heavy atom. The first-order chi connectivity index (χ1) is 12.6. The second-order valence-corrected chi connectivity index (χ2v) is 6.79. The van der Waals surface area contributed by atoms with Gasteiger partial charge < -0.3 is 10.6 Å². The van der Waals surface area contributed by atoms with Crippen LogP contribution in [0.3, 0.4) is 0 Å². The first kappa shape index (κ1) is 18.1. The maximum absolute atomic E-state index is 12.8. The fraction of sp³-hybridized carbons (Fsp3) is 0.381. The summed E-state index contributed by atoms with van der Waals surface area (Å²) in [5, 5.41) is 6.02. The van der Waals surface area contributed by atoms with Crippen LogP contribution in [0.25, 0.3) is 0 Å². The van der Waals surface area contributed by atoms with E-state index in [9.17, 15) is 9.59 Å². The maximum Gasteiger partial charge on any atom is 0.229 e. The SMILES string of the molecule is CCC[C@H](C(=O)N[C@H](C)c1ccc2c(c1)CCC(=O)N2)c1ccccn1. The Morgan fingerprint density at radius 3 is 2.85 bits per heavy atom. The normalized spacial score (nSPS) is 15.5. The minimum Gasteiger partial charge on any atom is -0.349 e. The Bertz CT molecular complexity index is 789. The van der Waals surface area contributed by atoms with Gasteiger partial charge in [-0.2, -0.15) is 0 Å². The Hall–Kier alpha value is -2.69. The lowest BCUT2D eigenvalue weighted by atomic mass is 9.95. The summed E-state index contributed by atoms with van der Waals surface area (Å²) in [5.41, 5.74) is 3.86. The van der Waals surface area contributed by atoms with Gasteiger partial charge in [0, 0.05) is 18.3 Å². The van der Waals surface area contributed by atoms with Crippen LogP contribution >= 0.6 is 0 Å². The van der Waals surface area contributed by atoms with Crippen molar-refractivity contribution in [2.24, 2.45) is 0 Å². The van der Waals surface area contributed by atoms with Crippen molar-refractivity contribution in [2.75, 3.05) is 5.32 Å². The van der Waals surface area contributed by atoms with Gasteiger partial charge >= 0.3 is 0 Å². The van der Waals surface area contributed by atoms with E-state index in [0.717, 1.165) is 41.8 Å². The van der Waals surface area contributed by atoms with Crippen LogP contribution in [0.5, 0.6) is 0 Å². The van der Waals surface area contributed by atoms with E-state index in [1.54, 1.807) is 6.20 Å². The summed E-state index contributed by atoms with van der Waals surface area (Å²) >= 11 is 0. The standard InChI is InChI=1S/C21H25N3O2/c1-3-6-17(19-7-4-5-12-22-19)21(26)23-14(2)15-8-10-18-16(13-15)9-11-20(25)24-18/h4-5,7-8,10,12-14,17H,3,6,9,11H2,1-2H3,(H,23,26)(H,24,25)/t14-,17+/m1/s1. The predicted octanol–water partition coefficient (Wildman–Crippen LogP) is 3.73. The predicted molar refractivity (Wildman–Crippen MR) is 102 cm³/mol. The molecule has 2 aromatic rings. The zero-order chi connectivity index (χ0) is 18.5. The van der Waals surface area contributed by atoms with Crippen molar-refractivity contribution >= 4 is 17.5 Å². The molecule has 1 aliphatic heterocycles. The van der Waals surface area contributed by atoms with E-state index in [-0.39, 0.29) is 23.8 Å².